The average molecular weight is 329 g/mol. The van der Waals surface area contributed by atoms with Crippen LogP contribution in [0.2, 0.25) is 0 Å². The van der Waals surface area contributed by atoms with Crippen LogP contribution in [0.3, 0.4) is 0 Å². The van der Waals surface area contributed by atoms with E-state index in [1.54, 1.807) is 24.4 Å². The number of aromatic nitrogens is 4. The Bertz CT molecular complexity index is 1060. The van der Waals surface area contributed by atoms with Crippen LogP contribution in [0.1, 0.15) is 15.9 Å². The Morgan fingerprint density at radius 3 is 2.80 bits per heavy atom. The molecule has 6 heteroatoms. The second-order valence-electron chi connectivity index (χ2n) is 5.69. The second-order valence-corrected chi connectivity index (χ2v) is 5.69. The van der Waals surface area contributed by atoms with Gasteiger partial charge in [0, 0.05) is 22.7 Å². The quantitative estimate of drug-likeness (QED) is 0.602. The molecule has 0 radical (unpaired) electrons. The SMILES string of the molecule is Cc1c(NC(=O)c2ccc3ncncc3c2)n[nH]c1-c1ccccc1. The fourth-order valence-corrected chi connectivity index (χ4v) is 2.71. The minimum atomic E-state index is -0.222. The first-order valence-electron chi connectivity index (χ1n) is 7.84. The summed E-state index contributed by atoms with van der Waals surface area (Å²) in [5.41, 5.74) is 4.14. The molecule has 0 aliphatic rings. The first-order valence-corrected chi connectivity index (χ1v) is 7.84. The molecule has 2 N–H and O–H groups in total. The maximum Gasteiger partial charge on any atom is 0.256 e. The van der Waals surface area contributed by atoms with Gasteiger partial charge in [-0.05, 0) is 30.7 Å². The lowest BCUT2D eigenvalue weighted by molar-refractivity contribution is 0.102. The predicted octanol–water partition coefficient (Wildman–Crippen LogP) is 3.58. The summed E-state index contributed by atoms with van der Waals surface area (Å²) in [6.45, 7) is 1.93. The summed E-state index contributed by atoms with van der Waals surface area (Å²) in [4.78, 5) is 20.7. The van der Waals surface area contributed by atoms with Crippen molar-refractivity contribution in [1.82, 2.24) is 20.2 Å². The number of H-pyrrole nitrogens is 1. The molecule has 25 heavy (non-hydrogen) atoms. The van der Waals surface area contributed by atoms with Crippen molar-refractivity contribution in [2.24, 2.45) is 0 Å². The minimum absolute atomic E-state index is 0.222. The molecule has 2 aromatic carbocycles. The summed E-state index contributed by atoms with van der Waals surface area (Å²) in [5.74, 6) is 0.299. The number of amides is 1. The lowest BCUT2D eigenvalue weighted by Crippen LogP contribution is -2.13. The minimum Gasteiger partial charge on any atom is -0.305 e. The van der Waals surface area contributed by atoms with E-state index >= 15 is 0 Å². The number of carbonyl (C=O) groups excluding carboxylic acids is 1. The lowest BCUT2D eigenvalue weighted by atomic mass is 10.1. The zero-order valence-electron chi connectivity index (χ0n) is 13.5. The van der Waals surface area contributed by atoms with Crippen LogP contribution in [-0.4, -0.2) is 26.1 Å². The normalized spacial score (nSPS) is 10.8. The van der Waals surface area contributed by atoms with Crippen LogP contribution in [0.4, 0.5) is 5.82 Å². The number of hydrogen-bond donors (Lipinski definition) is 2. The van der Waals surface area contributed by atoms with Crippen LogP contribution < -0.4 is 5.32 Å². The van der Waals surface area contributed by atoms with Crippen molar-refractivity contribution in [2.75, 3.05) is 5.32 Å². The summed E-state index contributed by atoms with van der Waals surface area (Å²) in [7, 11) is 0. The lowest BCUT2D eigenvalue weighted by Gasteiger charge is -2.05. The van der Waals surface area contributed by atoms with Gasteiger partial charge in [0.25, 0.3) is 5.91 Å². The number of anilines is 1. The number of fused-ring (bicyclic) bond motifs is 1. The number of carbonyl (C=O) groups is 1. The Hall–Kier alpha value is -3.54. The number of nitrogens with zero attached hydrogens (tertiary/aromatic N) is 3. The molecule has 0 aliphatic carbocycles. The highest BCUT2D eigenvalue weighted by Gasteiger charge is 2.14. The molecule has 4 rings (SSSR count). The summed E-state index contributed by atoms with van der Waals surface area (Å²) in [5, 5.41) is 10.9. The van der Waals surface area contributed by atoms with Crippen LogP contribution in [0.5, 0.6) is 0 Å². The van der Waals surface area contributed by atoms with E-state index < -0.39 is 0 Å². The zero-order chi connectivity index (χ0) is 17.2. The van der Waals surface area contributed by atoms with Crippen LogP contribution >= 0.6 is 0 Å². The van der Waals surface area contributed by atoms with Gasteiger partial charge in [0.1, 0.15) is 6.33 Å². The molecular weight excluding hydrogens is 314 g/mol. The molecule has 1 amide bonds. The van der Waals surface area contributed by atoms with E-state index in [9.17, 15) is 4.79 Å². The number of nitrogens with one attached hydrogen (secondary N) is 2. The van der Waals surface area contributed by atoms with Gasteiger partial charge in [-0.15, -0.1) is 0 Å². The monoisotopic (exact) mass is 329 g/mol. The Morgan fingerprint density at radius 2 is 1.96 bits per heavy atom. The molecule has 122 valence electrons. The molecule has 2 aromatic heterocycles. The van der Waals surface area contributed by atoms with E-state index in [0.717, 1.165) is 27.7 Å². The average Bonchev–Trinajstić information content (AvgIpc) is 3.02. The van der Waals surface area contributed by atoms with E-state index in [0.29, 0.717) is 11.4 Å². The van der Waals surface area contributed by atoms with Gasteiger partial charge in [0.15, 0.2) is 5.82 Å². The van der Waals surface area contributed by atoms with E-state index in [2.05, 4.69) is 25.5 Å². The molecule has 2 heterocycles. The van der Waals surface area contributed by atoms with E-state index in [4.69, 9.17) is 0 Å². The highest BCUT2D eigenvalue weighted by atomic mass is 16.1. The molecule has 0 atom stereocenters. The molecule has 6 nitrogen and oxygen atoms in total. The third-order valence-electron chi connectivity index (χ3n) is 4.07. The Labute approximate surface area is 144 Å². The van der Waals surface area contributed by atoms with Crippen LogP contribution in [0.15, 0.2) is 61.1 Å². The predicted molar refractivity (Wildman–Crippen MR) is 96.3 cm³/mol. The number of benzene rings is 2. The van der Waals surface area contributed by atoms with Gasteiger partial charge in [-0.25, -0.2) is 9.97 Å². The first kappa shape index (κ1) is 15.0. The van der Waals surface area contributed by atoms with E-state index in [-0.39, 0.29) is 5.91 Å². The van der Waals surface area contributed by atoms with Crippen molar-refractivity contribution >= 4 is 22.6 Å². The summed E-state index contributed by atoms with van der Waals surface area (Å²) < 4.78 is 0. The highest BCUT2D eigenvalue weighted by molar-refractivity contribution is 6.06. The van der Waals surface area contributed by atoms with Crippen molar-refractivity contribution in [3.63, 3.8) is 0 Å². The van der Waals surface area contributed by atoms with Gasteiger partial charge in [-0.3, -0.25) is 9.89 Å². The molecule has 0 fully saturated rings. The van der Waals surface area contributed by atoms with Gasteiger partial charge in [0.05, 0.1) is 11.2 Å². The molecule has 4 aromatic rings. The topological polar surface area (TPSA) is 83.6 Å². The fraction of sp³-hybridized carbons (Fsp3) is 0.0526. The molecular formula is C19H15N5O. The van der Waals surface area contributed by atoms with Crippen molar-refractivity contribution < 1.29 is 4.79 Å². The Morgan fingerprint density at radius 1 is 1.12 bits per heavy atom. The molecule has 0 aliphatic heterocycles. The summed E-state index contributed by atoms with van der Waals surface area (Å²) in [6, 6.07) is 15.2. The molecule has 0 bridgehead atoms. The van der Waals surface area contributed by atoms with Gasteiger partial charge in [0.2, 0.25) is 0 Å². The van der Waals surface area contributed by atoms with Crippen molar-refractivity contribution in [2.45, 2.75) is 6.92 Å². The number of hydrogen-bond acceptors (Lipinski definition) is 4. The van der Waals surface area contributed by atoms with Crippen molar-refractivity contribution in [3.05, 3.63) is 72.2 Å². The fourth-order valence-electron chi connectivity index (χ4n) is 2.71. The van der Waals surface area contributed by atoms with Gasteiger partial charge >= 0.3 is 0 Å². The van der Waals surface area contributed by atoms with E-state index in [1.165, 1.54) is 6.33 Å². The maximum absolute atomic E-state index is 12.5. The van der Waals surface area contributed by atoms with Crippen molar-refractivity contribution in [3.8, 4) is 11.3 Å². The highest BCUT2D eigenvalue weighted by Crippen LogP contribution is 2.26. The third-order valence-corrected chi connectivity index (χ3v) is 4.07. The second kappa shape index (κ2) is 6.16. The largest absolute Gasteiger partial charge is 0.305 e. The third kappa shape index (κ3) is 2.85. The van der Waals surface area contributed by atoms with Gasteiger partial charge < -0.3 is 5.32 Å². The zero-order valence-corrected chi connectivity index (χ0v) is 13.5. The first-order chi connectivity index (χ1) is 12.2. The van der Waals surface area contributed by atoms with Crippen molar-refractivity contribution in [1.29, 1.82) is 0 Å². The Kier molecular flexibility index (Phi) is 3.70. The smallest absolute Gasteiger partial charge is 0.256 e. The number of rotatable bonds is 3. The van der Waals surface area contributed by atoms with Gasteiger partial charge in [-0.2, -0.15) is 5.10 Å². The standard InChI is InChI=1S/C19H15N5O/c1-12-17(13-5-3-2-4-6-13)23-24-18(12)22-19(25)14-7-8-16-15(9-14)10-20-11-21-16/h2-11H,1H3,(H2,22,23,24,25). The number of aromatic amines is 1. The summed E-state index contributed by atoms with van der Waals surface area (Å²) in [6.07, 6.45) is 3.17. The maximum atomic E-state index is 12.5. The summed E-state index contributed by atoms with van der Waals surface area (Å²) >= 11 is 0. The van der Waals surface area contributed by atoms with E-state index in [1.807, 2.05) is 37.3 Å². The van der Waals surface area contributed by atoms with Crippen LogP contribution in [0, 0.1) is 6.92 Å². The Balaban J connectivity index is 1.61. The molecule has 0 saturated carbocycles. The molecule has 0 saturated heterocycles. The van der Waals surface area contributed by atoms with Crippen LogP contribution in [-0.2, 0) is 0 Å². The molecule has 0 spiro atoms. The van der Waals surface area contributed by atoms with Gasteiger partial charge in [-0.1, -0.05) is 30.3 Å². The molecule has 0 unspecified atom stereocenters. The van der Waals surface area contributed by atoms with Crippen LogP contribution in [0.25, 0.3) is 22.2 Å².